The Morgan fingerprint density at radius 3 is 0.525 bits per heavy atom. The van der Waals surface area contributed by atoms with E-state index in [0.717, 1.165) is 51.4 Å². The van der Waals surface area contributed by atoms with Gasteiger partial charge in [-0.1, -0.05) is 212 Å². The normalized spacial score (nSPS) is 10.2. The van der Waals surface area contributed by atoms with Crippen molar-refractivity contribution in [2.24, 2.45) is 0 Å². The first-order valence-electron chi connectivity index (χ1n) is 24.9. The third kappa shape index (κ3) is 16.9. The van der Waals surface area contributed by atoms with Gasteiger partial charge in [0.15, 0.2) is 0 Å². The second-order valence-corrected chi connectivity index (χ2v) is 15.8. The van der Waals surface area contributed by atoms with Crippen LogP contribution in [0.1, 0.15) is 229 Å². The molecule has 0 atom stereocenters. The van der Waals surface area contributed by atoms with Gasteiger partial charge in [0.1, 0.15) is 0 Å². The average molecular weight is 861 g/mol. The predicted molar refractivity (Wildman–Crippen MR) is 272 cm³/mol. The summed E-state index contributed by atoms with van der Waals surface area (Å²) in [6, 6.07) is 27.1. The van der Waals surface area contributed by atoms with Crippen LogP contribution in [0.2, 0.25) is 0 Å². The Morgan fingerprint density at radius 2 is 0.410 bits per heavy atom. The number of rotatable bonds is 20. The predicted octanol–water partition coefficient (Wildman–Crippen LogP) is 18.2. The fraction of sp³-hybridized carbons (Fsp3) is 0.533. The van der Waals surface area contributed by atoms with Crippen LogP contribution in [0.3, 0.4) is 0 Å². The van der Waals surface area contributed by atoms with Crippen molar-refractivity contribution >= 4 is 0 Å². The number of benzene rings is 4. The van der Waals surface area contributed by atoms with Crippen LogP contribution in [0.25, 0.3) is 0 Å². The molecule has 0 saturated carbocycles. The van der Waals surface area contributed by atoms with E-state index < -0.39 is 0 Å². The molecule has 61 heavy (non-hydrogen) atoms. The second-order valence-electron chi connectivity index (χ2n) is 15.8. The van der Waals surface area contributed by atoms with Crippen molar-refractivity contribution in [1.82, 2.24) is 0 Å². The molecule has 0 unspecified atom stereocenters. The molecule has 0 amide bonds. The first-order chi connectivity index (χ1) is 29.1. The van der Waals surface area contributed by atoms with Crippen molar-refractivity contribution in [1.29, 1.82) is 0 Å². The van der Waals surface area contributed by atoms with Gasteiger partial charge in [0.05, 0.1) is 0 Å². The zero-order valence-corrected chi connectivity index (χ0v) is 44.3. The van der Waals surface area contributed by atoms with E-state index in [1.165, 1.54) is 95.9 Å². The molecule has 0 aliphatic carbocycles. The first kappa shape index (κ1) is 58.1. The van der Waals surface area contributed by atoms with E-state index in [2.05, 4.69) is 184 Å². The van der Waals surface area contributed by atoms with Crippen molar-refractivity contribution in [3.05, 3.63) is 163 Å². The monoisotopic (exact) mass is 861 g/mol. The van der Waals surface area contributed by atoms with E-state index in [-0.39, 0.29) is 21.7 Å². The van der Waals surface area contributed by atoms with Crippen molar-refractivity contribution in [2.75, 3.05) is 0 Å². The third-order valence-electron chi connectivity index (χ3n) is 13.0. The third-order valence-corrected chi connectivity index (χ3v) is 13.0. The molecule has 0 aromatic heterocycles. The average Bonchev–Trinajstić information content (AvgIpc) is 3.30. The van der Waals surface area contributed by atoms with Gasteiger partial charge in [-0.3, -0.25) is 0 Å². The first-order valence-corrected chi connectivity index (χ1v) is 24.9. The molecule has 1 heteroatoms. The minimum Gasteiger partial charge on any atom is -0.185 e. The van der Waals surface area contributed by atoms with Crippen LogP contribution >= 0.6 is 0 Å². The van der Waals surface area contributed by atoms with Gasteiger partial charge in [-0.25, -0.2) is 0 Å². The van der Waals surface area contributed by atoms with Gasteiger partial charge >= 0.3 is 21.7 Å². The molecule has 336 valence electrons. The molecule has 0 heterocycles. The molecule has 0 aliphatic heterocycles. The number of aryl methyl sites for hydroxylation is 4. The van der Waals surface area contributed by atoms with Crippen LogP contribution in [-0.4, -0.2) is 0 Å². The van der Waals surface area contributed by atoms with Crippen molar-refractivity contribution in [3.63, 3.8) is 0 Å². The fourth-order valence-electron chi connectivity index (χ4n) is 9.38. The van der Waals surface area contributed by atoms with E-state index in [9.17, 15) is 0 Å². The molecule has 0 N–H and O–H groups in total. The van der Waals surface area contributed by atoms with E-state index >= 15 is 0 Å². The number of hydrogen-bond donors (Lipinski definition) is 0. The van der Waals surface area contributed by atoms with Crippen molar-refractivity contribution in [3.8, 4) is 0 Å². The zero-order chi connectivity index (χ0) is 45.0. The van der Waals surface area contributed by atoms with E-state index in [1.54, 1.807) is 45.9 Å². The maximum Gasteiger partial charge on any atom is 4.00 e. The van der Waals surface area contributed by atoms with Gasteiger partial charge in [0.2, 0.25) is 0 Å². The molecule has 0 saturated heterocycles. The van der Waals surface area contributed by atoms with Crippen LogP contribution in [0, 0.1) is 23.7 Å². The molecule has 4 aromatic rings. The quantitative estimate of drug-likeness (QED) is 0.0613. The SMILES string of the molecule is CCc1cccc([C-](CC)CC)c1CC.CCc1cccc([C-](CC)CC)c1CC.CCc1cccc([C-](CC)CC)c1CC.CCc1cccc([C-](CC)CC)c1CC.[Ti+4]. The van der Waals surface area contributed by atoms with Gasteiger partial charge in [0, 0.05) is 0 Å². The summed E-state index contributed by atoms with van der Waals surface area (Å²) in [5.41, 5.74) is 18.4. The van der Waals surface area contributed by atoms with Crippen LogP contribution in [0.15, 0.2) is 72.8 Å². The maximum absolute atomic E-state index is 2.29. The zero-order valence-electron chi connectivity index (χ0n) is 42.7. The van der Waals surface area contributed by atoms with Crippen LogP contribution in [-0.2, 0) is 73.1 Å². The molecule has 0 bridgehead atoms. The molecule has 4 rings (SSSR count). The Labute approximate surface area is 396 Å². The molecular formula is C60H92Ti. The maximum atomic E-state index is 2.29. The molecule has 0 fully saturated rings. The minimum absolute atomic E-state index is 0. The van der Waals surface area contributed by atoms with E-state index in [4.69, 9.17) is 0 Å². The van der Waals surface area contributed by atoms with Crippen LogP contribution in [0.4, 0.5) is 0 Å². The molecule has 0 aliphatic rings. The molecule has 0 nitrogen and oxygen atoms in total. The summed E-state index contributed by atoms with van der Waals surface area (Å²) in [6.45, 7) is 36.1. The van der Waals surface area contributed by atoms with Gasteiger partial charge < -0.3 is 0 Å². The van der Waals surface area contributed by atoms with Crippen molar-refractivity contribution < 1.29 is 21.7 Å². The fourth-order valence-corrected chi connectivity index (χ4v) is 9.38. The van der Waals surface area contributed by atoms with Gasteiger partial charge in [-0.05, 0) is 25.7 Å². The largest absolute Gasteiger partial charge is 4.00 e. The van der Waals surface area contributed by atoms with Gasteiger partial charge in [-0.2, -0.15) is 70.2 Å². The minimum atomic E-state index is 0. The summed E-state index contributed by atoms with van der Waals surface area (Å²) in [4.78, 5) is 0. The molecular weight excluding hydrogens is 769 g/mol. The van der Waals surface area contributed by atoms with Crippen LogP contribution in [0.5, 0.6) is 0 Å². The summed E-state index contributed by atoms with van der Waals surface area (Å²) in [6.07, 6.45) is 18.6. The van der Waals surface area contributed by atoms with Gasteiger partial charge in [-0.15, -0.1) is 68.8 Å². The Morgan fingerprint density at radius 1 is 0.246 bits per heavy atom. The van der Waals surface area contributed by atoms with Gasteiger partial charge in [0.25, 0.3) is 0 Å². The number of hydrogen-bond acceptors (Lipinski definition) is 0. The Hall–Kier alpha value is -2.93. The topological polar surface area (TPSA) is 0 Å². The van der Waals surface area contributed by atoms with Crippen LogP contribution < -0.4 is 0 Å². The summed E-state index contributed by atoms with van der Waals surface area (Å²) in [5.74, 6) is 6.40. The van der Waals surface area contributed by atoms with E-state index in [1.807, 2.05) is 0 Å². The second kappa shape index (κ2) is 33.6. The smallest absolute Gasteiger partial charge is 0.185 e. The molecule has 0 spiro atoms. The summed E-state index contributed by atoms with van der Waals surface area (Å²) < 4.78 is 0. The Bertz CT molecular complexity index is 1440. The standard InChI is InChI=1S/4C15H23.Ti/c4*1-5-12(6-2)15-11-9-10-13(7-3)14(15)8-4;/h4*9-11H,5-8H2,1-4H3;/q4*-1;+4. The summed E-state index contributed by atoms with van der Waals surface area (Å²) in [5, 5.41) is 0. The van der Waals surface area contributed by atoms with Crippen molar-refractivity contribution in [2.45, 2.75) is 214 Å². The van der Waals surface area contributed by atoms with E-state index in [0.29, 0.717) is 0 Å². The summed E-state index contributed by atoms with van der Waals surface area (Å²) in [7, 11) is 0. The molecule has 4 aromatic carbocycles. The molecule has 0 radical (unpaired) electrons. The Balaban J connectivity index is 0.000000783. The summed E-state index contributed by atoms with van der Waals surface area (Å²) >= 11 is 0. The Kier molecular flexibility index (Phi) is 32.0.